The molecule has 0 bridgehead atoms. The Bertz CT molecular complexity index is 1230. The molecule has 10 heteroatoms. The average Bonchev–Trinajstić information content (AvgIpc) is 3.20. The van der Waals surface area contributed by atoms with E-state index in [1.165, 1.54) is 12.1 Å². The summed E-state index contributed by atoms with van der Waals surface area (Å²) in [6, 6.07) is 10.6. The number of likely N-dealkylation sites (tertiary alicyclic amines) is 1. The number of primary amides is 1. The molecular formula is C26H28F3N5O2. The molecule has 1 unspecified atom stereocenters. The van der Waals surface area contributed by atoms with Crippen molar-refractivity contribution in [2.24, 2.45) is 17.1 Å². The molecule has 2 aliphatic rings. The van der Waals surface area contributed by atoms with Gasteiger partial charge >= 0.3 is 12.2 Å². The van der Waals surface area contributed by atoms with Crippen molar-refractivity contribution in [3.63, 3.8) is 0 Å². The van der Waals surface area contributed by atoms with Gasteiger partial charge in [0.25, 0.3) is 0 Å². The summed E-state index contributed by atoms with van der Waals surface area (Å²) < 4.78 is 40.2. The summed E-state index contributed by atoms with van der Waals surface area (Å²) in [7, 11) is 0. The van der Waals surface area contributed by atoms with Gasteiger partial charge in [0.1, 0.15) is 0 Å². The van der Waals surface area contributed by atoms with Crippen LogP contribution in [0.3, 0.4) is 0 Å². The van der Waals surface area contributed by atoms with Crippen molar-refractivity contribution in [1.82, 2.24) is 4.90 Å². The summed E-state index contributed by atoms with van der Waals surface area (Å²) >= 11 is 0. The zero-order chi connectivity index (χ0) is 26.3. The molecular weight excluding hydrogens is 471 g/mol. The number of nitrogens with two attached hydrogens (primary N) is 1. The highest BCUT2D eigenvalue weighted by atomic mass is 19.4. The van der Waals surface area contributed by atoms with Crippen LogP contribution in [0.5, 0.6) is 0 Å². The number of carbonyl (C=O) groups excluding carboxylic acids is 2. The Labute approximate surface area is 207 Å². The van der Waals surface area contributed by atoms with Gasteiger partial charge in [0, 0.05) is 43.0 Å². The first-order valence-electron chi connectivity index (χ1n) is 11.7. The third-order valence-corrected chi connectivity index (χ3v) is 7.59. The number of nitrogens with zero attached hydrogens (tertiary/aromatic N) is 3. The molecule has 2 heterocycles. The van der Waals surface area contributed by atoms with E-state index in [9.17, 15) is 22.8 Å². The van der Waals surface area contributed by atoms with Crippen LogP contribution >= 0.6 is 0 Å². The second-order valence-corrected chi connectivity index (χ2v) is 9.75. The van der Waals surface area contributed by atoms with Crippen molar-refractivity contribution in [3.05, 3.63) is 58.7 Å². The average molecular weight is 500 g/mol. The van der Waals surface area contributed by atoms with Gasteiger partial charge < -0.3 is 20.9 Å². The number of halogens is 3. The number of benzene rings is 2. The highest BCUT2D eigenvalue weighted by Crippen LogP contribution is 2.46. The van der Waals surface area contributed by atoms with Crippen LogP contribution < -0.4 is 16.0 Å². The number of amides is 3. The van der Waals surface area contributed by atoms with Crippen LogP contribution in [-0.4, -0.2) is 43.0 Å². The second kappa shape index (κ2) is 9.37. The van der Waals surface area contributed by atoms with E-state index >= 15 is 0 Å². The van der Waals surface area contributed by atoms with E-state index in [4.69, 9.17) is 11.0 Å². The Morgan fingerprint density at radius 1 is 1.11 bits per heavy atom. The number of piperidine rings is 1. The maximum absolute atomic E-state index is 13.4. The van der Waals surface area contributed by atoms with Gasteiger partial charge in [-0.2, -0.15) is 18.4 Å². The van der Waals surface area contributed by atoms with Crippen molar-refractivity contribution in [2.45, 2.75) is 32.9 Å². The zero-order valence-corrected chi connectivity index (χ0v) is 20.2. The first-order valence-corrected chi connectivity index (χ1v) is 11.7. The van der Waals surface area contributed by atoms with E-state index in [1.54, 1.807) is 11.0 Å². The number of hydrogen-bond acceptors (Lipinski definition) is 4. The fourth-order valence-corrected chi connectivity index (χ4v) is 5.31. The van der Waals surface area contributed by atoms with Crippen molar-refractivity contribution < 1.29 is 22.8 Å². The number of alkyl halides is 3. The molecule has 0 saturated carbocycles. The maximum atomic E-state index is 13.4. The number of aryl methyl sites for hydroxylation is 2. The molecule has 1 spiro atoms. The van der Waals surface area contributed by atoms with Crippen LogP contribution in [-0.2, 0) is 11.0 Å². The first kappa shape index (κ1) is 25.4. The Balaban J connectivity index is 1.49. The Morgan fingerprint density at radius 2 is 1.81 bits per heavy atom. The van der Waals surface area contributed by atoms with Gasteiger partial charge in [0.05, 0.1) is 23.1 Å². The first-order chi connectivity index (χ1) is 16.9. The lowest BCUT2D eigenvalue weighted by atomic mass is 9.70. The maximum Gasteiger partial charge on any atom is 0.417 e. The number of anilines is 2. The molecule has 3 amide bonds. The van der Waals surface area contributed by atoms with Crippen molar-refractivity contribution in [2.75, 3.05) is 36.4 Å². The Morgan fingerprint density at radius 3 is 2.39 bits per heavy atom. The lowest BCUT2D eigenvalue weighted by Crippen LogP contribution is -2.47. The smallest absolute Gasteiger partial charge is 0.371 e. The molecule has 2 aliphatic heterocycles. The number of hydrogen-bond donors (Lipinski definition) is 2. The van der Waals surface area contributed by atoms with Gasteiger partial charge in [0.2, 0.25) is 5.91 Å². The highest BCUT2D eigenvalue weighted by molar-refractivity contribution is 5.90. The number of urea groups is 1. The van der Waals surface area contributed by atoms with E-state index in [0.717, 1.165) is 17.2 Å². The molecule has 3 N–H and O–H groups in total. The minimum atomic E-state index is -4.63. The third-order valence-electron chi connectivity index (χ3n) is 7.59. The molecule has 2 saturated heterocycles. The lowest BCUT2D eigenvalue weighted by molar-refractivity contribution is -0.137. The largest absolute Gasteiger partial charge is 0.417 e. The molecule has 36 heavy (non-hydrogen) atoms. The number of carbonyl (C=O) groups is 2. The molecule has 7 nitrogen and oxygen atoms in total. The lowest BCUT2D eigenvalue weighted by Gasteiger charge is -2.42. The Hall–Kier alpha value is -3.74. The summed E-state index contributed by atoms with van der Waals surface area (Å²) in [5.41, 5.74) is 7.00. The van der Waals surface area contributed by atoms with Crippen LogP contribution in [0.25, 0.3) is 0 Å². The standard InChI is InChI=1S/C26H28F3N5O2/c1-16-3-5-19(11-17(16)2)32-24(36)34-14-22(23(31)35)25(15-34)7-9-33(10-8-25)20-6-4-18(13-30)21(12-20)26(27,28)29/h3-6,11-12,22H,7-10,14-15H2,1-2H3,(H2,31,35)(H,32,36). The number of nitriles is 1. The molecule has 0 aliphatic carbocycles. The van der Waals surface area contributed by atoms with Crippen molar-refractivity contribution in [3.8, 4) is 6.07 Å². The summed E-state index contributed by atoms with van der Waals surface area (Å²) in [6.07, 6.45) is -3.64. The van der Waals surface area contributed by atoms with Crippen LogP contribution in [0.2, 0.25) is 0 Å². The highest BCUT2D eigenvalue weighted by Gasteiger charge is 2.52. The van der Waals surface area contributed by atoms with E-state index in [2.05, 4.69) is 5.32 Å². The summed E-state index contributed by atoms with van der Waals surface area (Å²) in [4.78, 5) is 28.8. The van der Waals surface area contributed by atoms with Gasteiger partial charge in [-0.3, -0.25) is 4.79 Å². The van der Waals surface area contributed by atoms with Crippen LogP contribution in [0, 0.1) is 36.5 Å². The summed E-state index contributed by atoms with van der Waals surface area (Å²) in [5.74, 6) is -1.03. The molecule has 2 aromatic carbocycles. The molecule has 2 fully saturated rings. The van der Waals surface area contributed by atoms with E-state index < -0.39 is 34.5 Å². The van der Waals surface area contributed by atoms with Gasteiger partial charge in [0.15, 0.2) is 0 Å². The second-order valence-electron chi connectivity index (χ2n) is 9.75. The van der Waals surface area contributed by atoms with Gasteiger partial charge in [-0.1, -0.05) is 6.07 Å². The minimum absolute atomic E-state index is 0.196. The van der Waals surface area contributed by atoms with Crippen LogP contribution in [0.4, 0.5) is 29.3 Å². The van der Waals surface area contributed by atoms with Gasteiger partial charge in [-0.25, -0.2) is 4.79 Å². The predicted octanol–water partition coefficient (Wildman–Crippen LogP) is 4.43. The minimum Gasteiger partial charge on any atom is -0.371 e. The summed E-state index contributed by atoms with van der Waals surface area (Å²) in [5, 5.41) is 11.9. The van der Waals surface area contributed by atoms with E-state index in [1.807, 2.05) is 36.9 Å². The van der Waals surface area contributed by atoms with E-state index in [0.29, 0.717) is 43.9 Å². The molecule has 190 valence electrons. The van der Waals surface area contributed by atoms with Crippen molar-refractivity contribution in [1.29, 1.82) is 5.26 Å². The van der Waals surface area contributed by atoms with E-state index in [-0.39, 0.29) is 12.6 Å². The molecule has 2 aromatic rings. The van der Waals surface area contributed by atoms with Crippen LogP contribution in [0.15, 0.2) is 36.4 Å². The number of nitrogens with one attached hydrogen (secondary N) is 1. The Kier molecular flexibility index (Phi) is 6.60. The summed E-state index contributed by atoms with van der Waals surface area (Å²) in [6.45, 7) is 5.28. The monoisotopic (exact) mass is 499 g/mol. The molecule has 0 aromatic heterocycles. The fraction of sp³-hybridized carbons (Fsp3) is 0.423. The number of rotatable bonds is 3. The molecule has 0 radical (unpaired) electrons. The third kappa shape index (κ3) is 4.83. The fourth-order valence-electron chi connectivity index (χ4n) is 5.31. The normalized spacial score (nSPS) is 19.3. The zero-order valence-electron chi connectivity index (χ0n) is 20.2. The SMILES string of the molecule is Cc1ccc(NC(=O)N2CC(C(N)=O)C3(CCN(c4ccc(C#N)c(C(F)(F)F)c4)CC3)C2)cc1C. The molecule has 1 atom stereocenters. The molecule has 4 rings (SSSR count). The quantitative estimate of drug-likeness (QED) is 0.652. The van der Waals surface area contributed by atoms with Gasteiger partial charge in [-0.15, -0.1) is 0 Å². The predicted molar refractivity (Wildman–Crippen MR) is 129 cm³/mol. The van der Waals surface area contributed by atoms with Crippen LogP contribution in [0.1, 0.15) is 35.1 Å². The van der Waals surface area contributed by atoms with Crippen molar-refractivity contribution >= 4 is 23.3 Å². The van der Waals surface area contributed by atoms with Gasteiger partial charge in [-0.05, 0) is 68.1 Å². The topological polar surface area (TPSA) is 102 Å².